The number of nitrogens with one attached hydrogen (secondary N) is 2. The number of rotatable bonds is 5. The zero-order valence-corrected chi connectivity index (χ0v) is 17.2. The summed E-state index contributed by atoms with van der Waals surface area (Å²) in [7, 11) is 0. The molecule has 6 nitrogen and oxygen atoms in total. The van der Waals surface area contributed by atoms with Crippen molar-refractivity contribution in [3.8, 4) is 0 Å². The van der Waals surface area contributed by atoms with Crippen LogP contribution in [-0.2, 0) is 11.3 Å². The molecule has 1 aromatic heterocycles. The lowest BCUT2D eigenvalue weighted by atomic mass is 9.96. The molecule has 0 radical (unpaired) electrons. The number of pyridine rings is 1. The van der Waals surface area contributed by atoms with Gasteiger partial charge in [-0.05, 0) is 67.6 Å². The van der Waals surface area contributed by atoms with E-state index in [1.54, 1.807) is 12.3 Å². The van der Waals surface area contributed by atoms with Crippen LogP contribution in [0.4, 0.5) is 16.2 Å². The maximum absolute atomic E-state index is 13.0. The highest BCUT2D eigenvalue weighted by Crippen LogP contribution is 2.43. The van der Waals surface area contributed by atoms with Crippen molar-refractivity contribution in [3.05, 3.63) is 65.3 Å². The van der Waals surface area contributed by atoms with Gasteiger partial charge >= 0.3 is 6.03 Å². The maximum Gasteiger partial charge on any atom is 0.329 e. The van der Waals surface area contributed by atoms with Crippen LogP contribution in [0, 0.1) is 5.92 Å². The summed E-state index contributed by atoms with van der Waals surface area (Å²) in [6.07, 6.45) is 3.70. The molecule has 2 heterocycles. The van der Waals surface area contributed by atoms with Crippen molar-refractivity contribution in [1.82, 2.24) is 10.3 Å². The molecule has 2 fully saturated rings. The summed E-state index contributed by atoms with van der Waals surface area (Å²) in [6.45, 7) is 2.36. The largest absolute Gasteiger partial charge is 0.380 e. The summed E-state index contributed by atoms with van der Waals surface area (Å²) in [5.74, 6) is 0.0606. The van der Waals surface area contributed by atoms with Crippen molar-refractivity contribution in [1.29, 1.82) is 0 Å². The molecule has 1 unspecified atom stereocenters. The normalized spacial score (nSPS) is 21.2. The number of aromatic nitrogens is 1. The molecule has 1 aliphatic heterocycles. The lowest BCUT2D eigenvalue weighted by Gasteiger charge is -2.21. The van der Waals surface area contributed by atoms with E-state index in [-0.39, 0.29) is 17.9 Å². The average molecular weight is 421 g/mol. The van der Waals surface area contributed by atoms with E-state index in [0.29, 0.717) is 17.3 Å². The fraction of sp³-hybridized carbons (Fsp3) is 0.261. The van der Waals surface area contributed by atoms with Gasteiger partial charge in [-0.2, -0.15) is 0 Å². The molecule has 0 bridgehead atoms. The Balaban J connectivity index is 1.38. The molecule has 7 heteroatoms. The average Bonchev–Trinajstić information content (AvgIpc) is 3.55. The van der Waals surface area contributed by atoms with Crippen LogP contribution in [0.2, 0.25) is 5.02 Å². The zero-order chi connectivity index (χ0) is 20.9. The summed E-state index contributed by atoms with van der Waals surface area (Å²) in [6, 6.07) is 14.6. The number of hydrogen-bond acceptors (Lipinski definition) is 4. The zero-order valence-electron chi connectivity index (χ0n) is 16.5. The van der Waals surface area contributed by atoms with E-state index in [0.717, 1.165) is 35.0 Å². The highest BCUT2D eigenvalue weighted by atomic mass is 35.5. The Morgan fingerprint density at radius 2 is 2.03 bits per heavy atom. The van der Waals surface area contributed by atoms with Crippen molar-refractivity contribution >= 4 is 45.8 Å². The number of hydrogen-bond donors (Lipinski definition) is 2. The van der Waals surface area contributed by atoms with Gasteiger partial charge in [0.15, 0.2) is 0 Å². The number of fused-ring (bicyclic) bond motifs is 1. The minimum absolute atomic E-state index is 0.171. The first-order valence-electron chi connectivity index (χ1n) is 9.99. The molecule has 2 N–H and O–H groups in total. The molecule has 5 rings (SSSR count). The van der Waals surface area contributed by atoms with Gasteiger partial charge in [-0.1, -0.05) is 23.7 Å². The van der Waals surface area contributed by atoms with Crippen LogP contribution in [0.15, 0.2) is 54.7 Å². The van der Waals surface area contributed by atoms with Gasteiger partial charge in [0.1, 0.15) is 5.54 Å². The smallest absolute Gasteiger partial charge is 0.329 e. The number of carbonyl (C=O) groups is 2. The number of carbonyl (C=O) groups excluding carboxylic acids is 2. The van der Waals surface area contributed by atoms with Gasteiger partial charge in [-0.15, -0.1) is 0 Å². The second kappa shape index (κ2) is 6.99. The molecule has 0 spiro atoms. The first-order chi connectivity index (χ1) is 14.5. The van der Waals surface area contributed by atoms with Crippen molar-refractivity contribution in [2.75, 3.05) is 10.2 Å². The monoisotopic (exact) mass is 420 g/mol. The molecule has 152 valence electrons. The maximum atomic E-state index is 13.0. The lowest BCUT2D eigenvalue weighted by Crippen LogP contribution is -2.46. The second-order valence-corrected chi connectivity index (χ2v) is 8.53. The summed E-state index contributed by atoms with van der Waals surface area (Å²) in [5, 5.41) is 7.90. The third-order valence-electron chi connectivity index (χ3n) is 5.97. The summed E-state index contributed by atoms with van der Waals surface area (Å²) >= 11 is 6.15. The van der Waals surface area contributed by atoms with Crippen LogP contribution in [0.25, 0.3) is 10.9 Å². The van der Waals surface area contributed by atoms with Crippen LogP contribution in [-0.4, -0.2) is 22.5 Å². The number of imide groups is 1. The third-order valence-corrected chi connectivity index (χ3v) is 6.20. The van der Waals surface area contributed by atoms with Gasteiger partial charge in [0.05, 0.1) is 11.2 Å². The number of amides is 3. The molecule has 1 saturated heterocycles. The van der Waals surface area contributed by atoms with Gasteiger partial charge in [0.25, 0.3) is 5.91 Å². The summed E-state index contributed by atoms with van der Waals surface area (Å²) in [5.41, 5.74) is 2.53. The fourth-order valence-corrected chi connectivity index (χ4v) is 4.28. The standard InChI is InChI=1S/C23H21ClN4O2/c1-23(15-5-6-15)21(29)28(22(30)27-23)17-4-2-3-14(11-17)13-26-20-9-10-25-19-8-7-16(24)12-18(19)20/h2-4,7-12,15H,5-6,13H2,1H3,(H,25,26)(H,27,30). The van der Waals surface area contributed by atoms with Crippen LogP contribution >= 0.6 is 11.6 Å². The number of anilines is 2. The van der Waals surface area contributed by atoms with E-state index < -0.39 is 5.54 Å². The van der Waals surface area contributed by atoms with Gasteiger partial charge in [0.2, 0.25) is 0 Å². The van der Waals surface area contributed by atoms with Crippen molar-refractivity contribution in [2.45, 2.75) is 31.8 Å². The van der Waals surface area contributed by atoms with Gasteiger partial charge in [0, 0.05) is 28.8 Å². The second-order valence-electron chi connectivity index (χ2n) is 8.09. The molecule has 2 aromatic carbocycles. The molecule has 1 saturated carbocycles. The van der Waals surface area contributed by atoms with Gasteiger partial charge in [-0.3, -0.25) is 9.78 Å². The summed E-state index contributed by atoms with van der Waals surface area (Å²) in [4.78, 5) is 31.2. The van der Waals surface area contributed by atoms with Crippen LogP contribution in [0.3, 0.4) is 0 Å². The van der Waals surface area contributed by atoms with E-state index >= 15 is 0 Å². The molecule has 1 atom stereocenters. The molecule has 30 heavy (non-hydrogen) atoms. The van der Waals surface area contributed by atoms with Crippen molar-refractivity contribution in [3.63, 3.8) is 0 Å². The molecule has 1 aliphatic carbocycles. The van der Waals surface area contributed by atoms with Crippen molar-refractivity contribution in [2.24, 2.45) is 5.92 Å². The first kappa shape index (κ1) is 18.9. The Morgan fingerprint density at radius 1 is 1.20 bits per heavy atom. The SMILES string of the molecule is CC1(C2CC2)NC(=O)N(c2cccc(CNc3ccnc4ccc(Cl)cc34)c2)C1=O. The number of halogens is 1. The first-order valence-corrected chi connectivity index (χ1v) is 10.4. The van der Waals surface area contributed by atoms with E-state index in [2.05, 4.69) is 15.6 Å². The van der Waals surface area contributed by atoms with Crippen LogP contribution in [0.1, 0.15) is 25.3 Å². The highest BCUT2D eigenvalue weighted by molar-refractivity contribution is 6.31. The number of nitrogens with zero attached hydrogens (tertiary/aromatic N) is 2. The molecule has 3 amide bonds. The Hall–Kier alpha value is -3.12. The molecule has 3 aromatic rings. The Bertz CT molecular complexity index is 1180. The fourth-order valence-electron chi connectivity index (χ4n) is 4.10. The predicted octanol–water partition coefficient (Wildman–Crippen LogP) is 4.73. The molecule has 2 aliphatic rings. The number of benzene rings is 2. The Labute approximate surface area is 179 Å². The van der Waals surface area contributed by atoms with Crippen LogP contribution in [0.5, 0.6) is 0 Å². The third kappa shape index (κ3) is 3.17. The van der Waals surface area contributed by atoms with Gasteiger partial charge < -0.3 is 10.6 Å². The molecular weight excluding hydrogens is 400 g/mol. The minimum atomic E-state index is -0.791. The lowest BCUT2D eigenvalue weighted by molar-refractivity contribution is -0.122. The van der Waals surface area contributed by atoms with E-state index in [9.17, 15) is 9.59 Å². The Morgan fingerprint density at radius 3 is 2.83 bits per heavy atom. The minimum Gasteiger partial charge on any atom is -0.380 e. The van der Waals surface area contributed by atoms with E-state index in [4.69, 9.17) is 11.6 Å². The Kier molecular flexibility index (Phi) is 4.40. The van der Waals surface area contributed by atoms with Crippen LogP contribution < -0.4 is 15.5 Å². The van der Waals surface area contributed by atoms with Crippen molar-refractivity contribution < 1.29 is 9.59 Å². The van der Waals surface area contributed by atoms with E-state index in [1.165, 1.54) is 4.90 Å². The van der Waals surface area contributed by atoms with Gasteiger partial charge in [-0.25, -0.2) is 9.69 Å². The topological polar surface area (TPSA) is 74.3 Å². The number of urea groups is 1. The molecular formula is C23H21ClN4O2. The quantitative estimate of drug-likeness (QED) is 0.585. The van der Waals surface area contributed by atoms with E-state index in [1.807, 2.05) is 49.4 Å². The predicted molar refractivity (Wildman–Crippen MR) is 118 cm³/mol. The highest BCUT2D eigenvalue weighted by Gasteiger charge is 2.56. The summed E-state index contributed by atoms with van der Waals surface area (Å²) < 4.78 is 0.